The molecule has 1 aliphatic heterocycles. The van der Waals surface area contributed by atoms with E-state index in [0.717, 1.165) is 12.8 Å². The van der Waals surface area contributed by atoms with Crippen LogP contribution in [0.2, 0.25) is 0 Å². The molecule has 0 bridgehead atoms. The fraction of sp³-hybridized carbons (Fsp3) is 0.857. The monoisotopic (exact) mass is 286 g/mol. The number of likely N-dealkylation sites (tertiary alicyclic amines) is 1. The molecule has 0 aromatic carbocycles. The molecule has 116 valence electrons. The molecule has 20 heavy (non-hydrogen) atoms. The first kappa shape index (κ1) is 16.9. The summed E-state index contributed by atoms with van der Waals surface area (Å²) < 4.78 is 5.33. The molecule has 1 amide bonds. The lowest BCUT2D eigenvalue weighted by atomic mass is 9.94. The van der Waals surface area contributed by atoms with Crippen molar-refractivity contribution in [1.29, 1.82) is 0 Å². The van der Waals surface area contributed by atoms with Gasteiger partial charge in [-0.2, -0.15) is 0 Å². The van der Waals surface area contributed by atoms with Gasteiger partial charge in [-0.05, 0) is 27.2 Å². The number of amides is 1. The molecule has 1 heterocycles. The first-order chi connectivity index (χ1) is 9.27. The Labute approximate surface area is 120 Å². The summed E-state index contributed by atoms with van der Waals surface area (Å²) in [5.41, 5.74) is -0.456. The van der Waals surface area contributed by atoms with E-state index < -0.39 is 11.6 Å². The Morgan fingerprint density at radius 3 is 2.50 bits per heavy atom. The molecule has 6 heteroatoms. The van der Waals surface area contributed by atoms with Crippen molar-refractivity contribution in [2.75, 3.05) is 19.7 Å². The highest BCUT2D eigenvalue weighted by molar-refractivity contribution is 5.81. The summed E-state index contributed by atoms with van der Waals surface area (Å²) in [6.45, 7) is 8.70. The summed E-state index contributed by atoms with van der Waals surface area (Å²) in [7, 11) is 0. The second-order valence-electron chi connectivity index (χ2n) is 5.91. The van der Waals surface area contributed by atoms with Gasteiger partial charge in [-0.3, -0.25) is 9.69 Å². The van der Waals surface area contributed by atoms with Gasteiger partial charge in [-0.25, -0.2) is 4.79 Å². The van der Waals surface area contributed by atoms with Crippen molar-refractivity contribution in [3.63, 3.8) is 0 Å². The molecule has 0 aromatic rings. The van der Waals surface area contributed by atoms with Gasteiger partial charge >= 0.3 is 5.97 Å². The van der Waals surface area contributed by atoms with Gasteiger partial charge in [-0.1, -0.05) is 13.3 Å². The quantitative estimate of drug-likeness (QED) is 0.692. The summed E-state index contributed by atoms with van der Waals surface area (Å²) in [5.74, 6) is -0.949. The summed E-state index contributed by atoms with van der Waals surface area (Å²) in [5, 5.41) is 11.6. The van der Waals surface area contributed by atoms with Crippen LogP contribution >= 0.6 is 0 Å². The topological polar surface area (TPSA) is 78.9 Å². The fourth-order valence-corrected chi connectivity index (χ4v) is 2.45. The molecule has 2 atom stereocenters. The second-order valence-corrected chi connectivity index (χ2v) is 5.91. The number of carboxylic acids is 1. The van der Waals surface area contributed by atoms with Crippen LogP contribution < -0.4 is 5.32 Å². The number of nitrogens with one attached hydrogen (secondary N) is 1. The zero-order valence-corrected chi connectivity index (χ0v) is 12.8. The van der Waals surface area contributed by atoms with E-state index in [1.54, 1.807) is 0 Å². The zero-order chi connectivity index (χ0) is 15.3. The van der Waals surface area contributed by atoms with Crippen LogP contribution in [0.5, 0.6) is 0 Å². The Morgan fingerprint density at radius 2 is 2.00 bits per heavy atom. The molecule has 2 unspecified atom stereocenters. The molecule has 1 aliphatic rings. The molecule has 2 N–H and O–H groups in total. The van der Waals surface area contributed by atoms with Crippen LogP contribution in [0.1, 0.15) is 40.5 Å². The van der Waals surface area contributed by atoms with E-state index in [2.05, 4.69) is 12.2 Å². The predicted octanol–water partition coefficient (Wildman–Crippen LogP) is 0.855. The molecule has 1 rings (SSSR count). The molecule has 1 fully saturated rings. The summed E-state index contributed by atoms with van der Waals surface area (Å²) in [4.78, 5) is 24.5. The predicted molar refractivity (Wildman–Crippen MR) is 75.5 cm³/mol. The van der Waals surface area contributed by atoms with Gasteiger partial charge < -0.3 is 15.2 Å². The Balaban J connectivity index is 2.34. The minimum absolute atomic E-state index is 0.0197. The van der Waals surface area contributed by atoms with Gasteiger partial charge in [0.05, 0.1) is 11.6 Å². The van der Waals surface area contributed by atoms with Gasteiger partial charge in [0, 0.05) is 19.1 Å². The van der Waals surface area contributed by atoms with E-state index >= 15 is 0 Å². The lowest BCUT2D eigenvalue weighted by Crippen LogP contribution is -2.66. The minimum atomic E-state index is -0.969. The van der Waals surface area contributed by atoms with Crippen LogP contribution in [0.25, 0.3) is 0 Å². The number of hydrogen-bond acceptors (Lipinski definition) is 4. The Morgan fingerprint density at radius 1 is 1.40 bits per heavy atom. The van der Waals surface area contributed by atoms with E-state index in [1.807, 2.05) is 25.7 Å². The molecule has 0 radical (unpaired) electrons. The number of hydrogen-bond donors (Lipinski definition) is 2. The van der Waals surface area contributed by atoms with Crippen LogP contribution in [-0.2, 0) is 14.3 Å². The third-order valence-electron chi connectivity index (χ3n) is 3.66. The van der Waals surface area contributed by atoms with Crippen molar-refractivity contribution in [3.8, 4) is 0 Å². The number of carboxylic acid groups (broad SMARTS) is 1. The highest BCUT2D eigenvalue weighted by Gasteiger charge is 2.43. The van der Waals surface area contributed by atoms with Gasteiger partial charge in [-0.15, -0.1) is 0 Å². The lowest BCUT2D eigenvalue weighted by Gasteiger charge is -2.49. The highest BCUT2D eigenvalue weighted by atomic mass is 16.5. The van der Waals surface area contributed by atoms with Crippen molar-refractivity contribution in [3.05, 3.63) is 0 Å². The number of nitrogens with zero attached hydrogens (tertiary/aromatic N) is 1. The third-order valence-corrected chi connectivity index (χ3v) is 3.66. The average Bonchev–Trinajstić information content (AvgIpc) is 2.32. The maximum atomic E-state index is 12.1. The van der Waals surface area contributed by atoms with E-state index in [9.17, 15) is 9.59 Å². The highest BCUT2D eigenvalue weighted by Crippen LogP contribution is 2.26. The van der Waals surface area contributed by atoms with Crippen LogP contribution in [0.4, 0.5) is 0 Å². The summed E-state index contributed by atoms with van der Waals surface area (Å²) in [6.07, 6.45) is 2.01. The Hall–Kier alpha value is -1.14. The maximum Gasteiger partial charge on any atom is 0.329 e. The number of carbonyl (C=O) groups excluding carboxylic acids is 1. The number of aliphatic carboxylic acids is 1. The number of carbonyl (C=O) groups is 2. The van der Waals surface area contributed by atoms with Crippen LogP contribution in [0, 0.1) is 0 Å². The fourth-order valence-electron chi connectivity index (χ4n) is 2.45. The third kappa shape index (κ3) is 4.76. The van der Waals surface area contributed by atoms with E-state index in [4.69, 9.17) is 9.84 Å². The molecule has 0 spiro atoms. The average molecular weight is 286 g/mol. The van der Waals surface area contributed by atoms with Gasteiger partial charge in [0.1, 0.15) is 6.61 Å². The van der Waals surface area contributed by atoms with Crippen LogP contribution in [-0.4, -0.2) is 59.3 Å². The molecule has 0 aromatic heterocycles. The second kappa shape index (κ2) is 7.04. The molecule has 0 aliphatic carbocycles. The smallest absolute Gasteiger partial charge is 0.329 e. The van der Waals surface area contributed by atoms with Crippen molar-refractivity contribution in [2.24, 2.45) is 0 Å². The number of rotatable bonds is 8. The Kier molecular flexibility index (Phi) is 5.95. The van der Waals surface area contributed by atoms with Crippen molar-refractivity contribution < 1.29 is 19.4 Å². The van der Waals surface area contributed by atoms with Gasteiger partial charge in [0.25, 0.3) is 0 Å². The van der Waals surface area contributed by atoms with E-state index in [1.165, 1.54) is 0 Å². The van der Waals surface area contributed by atoms with Gasteiger partial charge in [0.2, 0.25) is 5.91 Å². The summed E-state index contributed by atoms with van der Waals surface area (Å²) >= 11 is 0. The van der Waals surface area contributed by atoms with Crippen molar-refractivity contribution in [2.45, 2.75) is 58.2 Å². The van der Waals surface area contributed by atoms with E-state index in [0.29, 0.717) is 13.1 Å². The largest absolute Gasteiger partial charge is 0.480 e. The SMILES string of the molecule is CCCC(C)NC(=O)C(C)N1CC(C)(OCC(=O)O)C1. The van der Waals surface area contributed by atoms with Crippen LogP contribution in [0.3, 0.4) is 0 Å². The van der Waals surface area contributed by atoms with Crippen molar-refractivity contribution in [1.82, 2.24) is 10.2 Å². The Bertz CT molecular complexity index is 353. The summed E-state index contributed by atoms with van der Waals surface area (Å²) in [6, 6.07) is -0.0262. The minimum Gasteiger partial charge on any atom is -0.480 e. The first-order valence-corrected chi connectivity index (χ1v) is 7.17. The van der Waals surface area contributed by atoms with Gasteiger partial charge in [0.15, 0.2) is 0 Å². The number of ether oxygens (including phenoxy) is 1. The molecule has 0 saturated carbocycles. The lowest BCUT2D eigenvalue weighted by molar-refractivity contribution is -0.171. The normalized spacial score (nSPS) is 20.8. The van der Waals surface area contributed by atoms with Crippen molar-refractivity contribution >= 4 is 11.9 Å². The molecular formula is C14H26N2O4. The zero-order valence-electron chi connectivity index (χ0n) is 12.8. The molecule has 6 nitrogen and oxygen atoms in total. The van der Waals surface area contributed by atoms with E-state index in [-0.39, 0.29) is 24.6 Å². The molecular weight excluding hydrogens is 260 g/mol. The molecule has 1 saturated heterocycles. The first-order valence-electron chi connectivity index (χ1n) is 7.17. The standard InChI is InChI=1S/C14H26N2O4/c1-5-6-10(2)15-13(19)11(3)16-8-14(4,9-16)20-7-12(17)18/h10-11H,5-9H2,1-4H3,(H,15,19)(H,17,18). The maximum absolute atomic E-state index is 12.1. The van der Waals surface area contributed by atoms with Crippen LogP contribution in [0.15, 0.2) is 0 Å².